The number of H-pyrrole nitrogens is 1. The van der Waals surface area contributed by atoms with Gasteiger partial charge in [-0.1, -0.05) is 0 Å². The Kier molecular flexibility index (Phi) is 2.72. The first kappa shape index (κ1) is 12.9. The number of fused-ring (bicyclic) bond motifs is 1. The Hall–Kier alpha value is -2.08. The summed E-state index contributed by atoms with van der Waals surface area (Å²) in [6, 6.07) is 4.65. The summed E-state index contributed by atoms with van der Waals surface area (Å²) in [7, 11) is 0. The number of nitrogens with zero attached hydrogens (tertiary/aromatic N) is 1. The molecule has 2 N–H and O–H groups in total. The molecule has 0 bridgehead atoms. The Bertz CT molecular complexity index is 745. The second-order valence-corrected chi connectivity index (χ2v) is 5.42. The number of hydrogen-bond donors (Lipinski definition) is 2. The van der Waals surface area contributed by atoms with E-state index in [1.165, 1.54) is 12.1 Å². The van der Waals surface area contributed by atoms with Crippen LogP contribution < -0.4 is 5.69 Å². The highest BCUT2D eigenvalue weighted by Crippen LogP contribution is 2.34. The summed E-state index contributed by atoms with van der Waals surface area (Å²) in [4.78, 5) is 26.1. The first-order chi connectivity index (χ1) is 9.43. The fraction of sp³-hybridized carbons (Fsp3) is 0.429. The summed E-state index contributed by atoms with van der Waals surface area (Å²) >= 11 is 0. The number of carboxylic acids is 1. The molecule has 2 heterocycles. The Morgan fingerprint density at radius 2 is 2.30 bits per heavy atom. The number of carboxylic acid groups (broad SMARTS) is 1. The van der Waals surface area contributed by atoms with Crippen molar-refractivity contribution >= 4 is 17.0 Å². The predicted molar refractivity (Wildman–Crippen MR) is 73.2 cm³/mol. The van der Waals surface area contributed by atoms with E-state index in [9.17, 15) is 9.59 Å². The molecule has 2 aromatic rings. The number of hydrogen-bond acceptors (Lipinski definition) is 3. The van der Waals surface area contributed by atoms with Crippen LogP contribution in [-0.4, -0.2) is 33.3 Å². The third-order valence-corrected chi connectivity index (χ3v) is 4.29. The molecule has 0 saturated carbocycles. The van der Waals surface area contributed by atoms with E-state index in [0.29, 0.717) is 17.6 Å². The van der Waals surface area contributed by atoms with E-state index in [2.05, 4.69) is 4.98 Å². The van der Waals surface area contributed by atoms with Crippen LogP contribution in [0.4, 0.5) is 0 Å². The van der Waals surface area contributed by atoms with Crippen LogP contribution in [0.25, 0.3) is 11.0 Å². The lowest BCUT2D eigenvalue weighted by Crippen LogP contribution is -2.42. The van der Waals surface area contributed by atoms with Crippen LogP contribution in [0.3, 0.4) is 0 Å². The molecular formula is C14H16N2O4. The van der Waals surface area contributed by atoms with E-state index < -0.39 is 11.5 Å². The fourth-order valence-corrected chi connectivity index (χ4v) is 2.86. The number of imidazole rings is 1. The number of aromatic carboxylic acids is 1. The van der Waals surface area contributed by atoms with Gasteiger partial charge in [-0.3, -0.25) is 4.57 Å². The molecular weight excluding hydrogens is 260 g/mol. The van der Waals surface area contributed by atoms with Crippen molar-refractivity contribution in [1.82, 2.24) is 9.55 Å². The fourth-order valence-electron chi connectivity index (χ4n) is 2.86. The first-order valence-electron chi connectivity index (χ1n) is 6.53. The zero-order valence-corrected chi connectivity index (χ0v) is 11.3. The minimum atomic E-state index is -1.01. The molecule has 20 heavy (non-hydrogen) atoms. The van der Waals surface area contributed by atoms with Crippen LogP contribution in [0.1, 0.15) is 30.6 Å². The number of rotatable bonds is 2. The number of ether oxygens (including phenoxy) is 1. The standard InChI is InChI=1S/C14H16N2O4/c1-8-14(2,5-6-20-8)16-11-7-9(12(17)18)3-4-10(11)15-13(16)19/h3-4,7-8H,5-6H2,1-2H3,(H,15,19)(H,17,18). The molecule has 2 atom stereocenters. The van der Waals surface area contributed by atoms with Gasteiger partial charge in [0.05, 0.1) is 28.2 Å². The Morgan fingerprint density at radius 3 is 2.90 bits per heavy atom. The van der Waals surface area contributed by atoms with Crippen LogP contribution in [0.2, 0.25) is 0 Å². The van der Waals surface area contributed by atoms with Gasteiger partial charge in [0.15, 0.2) is 0 Å². The minimum absolute atomic E-state index is 0.104. The molecule has 1 aliphatic heterocycles. The van der Waals surface area contributed by atoms with Gasteiger partial charge in [-0.05, 0) is 38.5 Å². The summed E-state index contributed by atoms with van der Waals surface area (Å²) < 4.78 is 7.22. The van der Waals surface area contributed by atoms with E-state index in [1.807, 2.05) is 13.8 Å². The van der Waals surface area contributed by atoms with E-state index in [1.54, 1.807) is 10.6 Å². The molecule has 6 heteroatoms. The Labute approximate surface area is 115 Å². The normalized spacial score (nSPS) is 26.2. The average Bonchev–Trinajstić information content (AvgIpc) is 2.89. The van der Waals surface area contributed by atoms with Gasteiger partial charge in [-0.25, -0.2) is 9.59 Å². The maximum Gasteiger partial charge on any atom is 0.335 e. The molecule has 1 aliphatic rings. The Morgan fingerprint density at radius 1 is 1.55 bits per heavy atom. The quantitative estimate of drug-likeness (QED) is 0.871. The zero-order valence-electron chi connectivity index (χ0n) is 11.3. The third kappa shape index (κ3) is 1.68. The van der Waals surface area contributed by atoms with E-state index >= 15 is 0 Å². The molecule has 3 rings (SSSR count). The molecule has 1 saturated heterocycles. The summed E-state index contributed by atoms with van der Waals surface area (Å²) in [5.41, 5.74) is 0.713. The minimum Gasteiger partial charge on any atom is -0.478 e. The molecule has 2 unspecified atom stereocenters. The maximum atomic E-state index is 12.3. The van der Waals surface area contributed by atoms with Gasteiger partial charge in [0.1, 0.15) is 0 Å². The van der Waals surface area contributed by atoms with Gasteiger partial charge < -0.3 is 14.8 Å². The van der Waals surface area contributed by atoms with Crippen LogP contribution in [0.15, 0.2) is 23.0 Å². The van der Waals surface area contributed by atoms with Gasteiger partial charge in [0, 0.05) is 6.61 Å². The Balaban J connectivity index is 2.29. The molecule has 1 fully saturated rings. The van der Waals surface area contributed by atoms with Gasteiger partial charge in [-0.2, -0.15) is 0 Å². The lowest BCUT2D eigenvalue weighted by atomic mass is 9.94. The zero-order chi connectivity index (χ0) is 14.5. The second-order valence-electron chi connectivity index (χ2n) is 5.42. The number of carbonyl (C=O) groups is 1. The highest BCUT2D eigenvalue weighted by molar-refractivity contribution is 5.92. The largest absolute Gasteiger partial charge is 0.478 e. The molecule has 0 spiro atoms. The van der Waals surface area contributed by atoms with E-state index in [4.69, 9.17) is 9.84 Å². The van der Waals surface area contributed by atoms with Crippen molar-refractivity contribution in [2.45, 2.75) is 31.9 Å². The van der Waals surface area contributed by atoms with Gasteiger partial charge in [0.2, 0.25) is 0 Å². The molecule has 106 valence electrons. The highest BCUT2D eigenvalue weighted by Gasteiger charge is 2.40. The van der Waals surface area contributed by atoms with Crippen LogP contribution in [-0.2, 0) is 10.3 Å². The van der Waals surface area contributed by atoms with Crippen molar-refractivity contribution in [3.05, 3.63) is 34.2 Å². The van der Waals surface area contributed by atoms with E-state index in [0.717, 1.165) is 6.42 Å². The van der Waals surface area contributed by atoms with Crippen molar-refractivity contribution in [2.75, 3.05) is 6.61 Å². The summed E-state index contributed by atoms with van der Waals surface area (Å²) in [6.45, 7) is 4.49. The molecule has 1 aromatic heterocycles. The van der Waals surface area contributed by atoms with Gasteiger partial charge in [0.25, 0.3) is 0 Å². The van der Waals surface area contributed by atoms with Crippen molar-refractivity contribution in [3.8, 4) is 0 Å². The lowest BCUT2D eigenvalue weighted by Gasteiger charge is -2.29. The molecule has 0 amide bonds. The highest BCUT2D eigenvalue weighted by atomic mass is 16.5. The number of aromatic amines is 1. The van der Waals surface area contributed by atoms with Crippen molar-refractivity contribution in [1.29, 1.82) is 0 Å². The summed E-state index contributed by atoms with van der Waals surface area (Å²) in [5.74, 6) is -1.01. The van der Waals surface area contributed by atoms with Gasteiger partial charge >= 0.3 is 11.7 Å². The summed E-state index contributed by atoms with van der Waals surface area (Å²) in [6.07, 6.45) is 0.617. The average molecular weight is 276 g/mol. The van der Waals surface area contributed by atoms with Crippen LogP contribution >= 0.6 is 0 Å². The van der Waals surface area contributed by atoms with Crippen molar-refractivity contribution in [2.24, 2.45) is 0 Å². The van der Waals surface area contributed by atoms with E-state index in [-0.39, 0.29) is 17.4 Å². The maximum absolute atomic E-state index is 12.3. The smallest absolute Gasteiger partial charge is 0.335 e. The van der Waals surface area contributed by atoms with Gasteiger partial charge in [-0.15, -0.1) is 0 Å². The first-order valence-corrected chi connectivity index (χ1v) is 6.53. The predicted octanol–water partition coefficient (Wildman–Crippen LogP) is 1.55. The second kappa shape index (κ2) is 4.21. The van der Waals surface area contributed by atoms with Crippen molar-refractivity contribution in [3.63, 3.8) is 0 Å². The van der Waals surface area contributed by atoms with Crippen LogP contribution in [0.5, 0.6) is 0 Å². The number of aromatic nitrogens is 2. The molecule has 0 radical (unpaired) electrons. The number of nitrogens with one attached hydrogen (secondary N) is 1. The summed E-state index contributed by atoms with van der Waals surface area (Å²) in [5, 5.41) is 9.10. The van der Waals surface area contributed by atoms with Crippen molar-refractivity contribution < 1.29 is 14.6 Å². The monoisotopic (exact) mass is 276 g/mol. The topological polar surface area (TPSA) is 84.3 Å². The number of benzene rings is 1. The third-order valence-electron chi connectivity index (χ3n) is 4.29. The molecule has 1 aromatic carbocycles. The van der Waals surface area contributed by atoms with Crippen LogP contribution in [0, 0.1) is 0 Å². The molecule has 6 nitrogen and oxygen atoms in total. The SMILES string of the molecule is CC1OCCC1(C)n1c(=O)[nH]c2ccc(C(=O)O)cc21. The molecule has 0 aliphatic carbocycles. The lowest BCUT2D eigenvalue weighted by molar-refractivity contribution is 0.0697.